The minimum atomic E-state index is -4.37. The first kappa shape index (κ1) is 14.4. The fourth-order valence-electron chi connectivity index (χ4n) is 1.37. The fourth-order valence-corrected chi connectivity index (χ4v) is 2.66. The largest absolute Gasteiger partial charge is 0.504 e. The molecule has 0 unspecified atom stereocenters. The van der Waals surface area contributed by atoms with Gasteiger partial charge >= 0.3 is 0 Å². The van der Waals surface area contributed by atoms with Crippen molar-refractivity contribution in [2.24, 2.45) is 4.99 Å². The number of aliphatic imine (C=N–C) groups is 1. The molecule has 0 atom stereocenters. The number of anilines is 1. The zero-order chi connectivity index (χ0) is 14.1. The average Bonchev–Trinajstić information content (AvgIpc) is 2.22. The quantitative estimate of drug-likeness (QED) is 0.496. The predicted molar refractivity (Wildman–Crippen MR) is 68.4 cm³/mol. The normalized spacial score (nSPS) is 13.1. The minimum Gasteiger partial charge on any atom is -0.504 e. The van der Waals surface area contributed by atoms with Crippen LogP contribution in [-0.4, -0.2) is 31.8 Å². The average molecular weight is 274 g/mol. The molecule has 0 aliphatic carbocycles. The van der Waals surface area contributed by atoms with E-state index < -0.39 is 25.5 Å². The topological polar surface area (TPSA) is 92.8 Å². The Labute approximate surface area is 105 Å². The highest BCUT2D eigenvalue weighted by Crippen LogP contribution is 2.37. The summed E-state index contributed by atoms with van der Waals surface area (Å²) in [7, 11) is -2.94. The van der Waals surface area contributed by atoms with Gasteiger partial charge in [0.25, 0.3) is 0 Å². The summed E-state index contributed by atoms with van der Waals surface area (Å²) in [5.74, 6) is -0.655. The van der Waals surface area contributed by atoms with Crippen LogP contribution in [0.15, 0.2) is 22.0 Å². The van der Waals surface area contributed by atoms with E-state index in [0.29, 0.717) is 0 Å². The molecule has 1 aromatic rings. The Hall–Kier alpha value is -1.63. The maximum atomic E-state index is 13.8. The molecule has 0 amide bonds. The van der Waals surface area contributed by atoms with Gasteiger partial charge in [-0.25, -0.2) is 12.8 Å². The number of hydrogen-bond donors (Lipinski definition) is 2. The number of alkyl halides is 1. The molecule has 0 saturated heterocycles. The smallest absolute Gasteiger partial charge is 0.216 e. The zero-order valence-electron chi connectivity index (χ0n) is 10.3. The molecular weight excluding hydrogens is 259 g/mol. The number of benzene rings is 1. The lowest BCUT2D eigenvalue weighted by atomic mass is 10.2. The molecule has 100 valence electrons. The van der Waals surface area contributed by atoms with Gasteiger partial charge in [0.1, 0.15) is 4.90 Å². The van der Waals surface area contributed by atoms with Gasteiger partial charge in [-0.1, -0.05) is 0 Å². The highest BCUT2D eigenvalue weighted by atomic mass is 32.2. The molecule has 5 nitrogen and oxygen atoms in total. The van der Waals surface area contributed by atoms with Gasteiger partial charge in [-0.15, -0.1) is 0 Å². The molecule has 0 spiro atoms. The SMILES string of the molecule is C/N=C\c1ccc(N)c(O)c1S(=O)(=O)C(C)(C)F. The van der Waals surface area contributed by atoms with E-state index in [9.17, 15) is 17.9 Å². The van der Waals surface area contributed by atoms with E-state index >= 15 is 0 Å². The summed E-state index contributed by atoms with van der Waals surface area (Å²) < 4.78 is 37.9. The molecule has 7 heteroatoms. The van der Waals surface area contributed by atoms with E-state index in [2.05, 4.69) is 4.99 Å². The highest BCUT2D eigenvalue weighted by Gasteiger charge is 2.39. The van der Waals surface area contributed by atoms with Crippen molar-refractivity contribution in [3.8, 4) is 5.75 Å². The Morgan fingerprint density at radius 3 is 2.44 bits per heavy atom. The first-order chi connectivity index (χ1) is 8.13. The van der Waals surface area contributed by atoms with Crippen molar-refractivity contribution in [1.82, 2.24) is 0 Å². The van der Waals surface area contributed by atoms with E-state index in [1.165, 1.54) is 25.4 Å². The van der Waals surface area contributed by atoms with Crippen molar-refractivity contribution in [2.75, 3.05) is 12.8 Å². The number of hydrogen-bond acceptors (Lipinski definition) is 5. The lowest BCUT2D eigenvalue weighted by molar-refractivity contribution is 0.318. The third-order valence-electron chi connectivity index (χ3n) is 2.37. The number of aromatic hydroxyl groups is 1. The number of nitrogen functional groups attached to an aromatic ring is 1. The Morgan fingerprint density at radius 2 is 2.00 bits per heavy atom. The molecule has 0 aromatic heterocycles. The van der Waals surface area contributed by atoms with Crippen LogP contribution in [0.25, 0.3) is 0 Å². The van der Waals surface area contributed by atoms with Crippen LogP contribution in [-0.2, 0) is 9.84 Å². The number of nitrogens with zero attached hydrogens (tertiary/aromatic N) is 1. The molecule has 0 aliphatic rings. The van der Waals surface area contributed by atoms with Crippen molar-refractivity contribution in [2.45, 2.75) is 23.7 Å². The molecule has 18 heavy (non-hydrogen) atoms. The van der Waals surface area contributed by atoms with Crippen LogP contribution in [0.4, 0.5) is 10.1 Å². The van der Waals surface area contributed by atoms with Gasteiger partial charge < -0.3 is 10.8 Å². The molecule has 0 fully saturated rings. The molecule has 1 rings (SSSR count). The summed E-state index contributed by atoms with van der Waals surface area (Å²) in [6.07, 6.45) is 1.22. The number of phenols is 1. The van der Waals surface area contributed by atoms with E-state index in [-0.39, 0.29) is 11.3 Å². The maximum absolute atomic E-state index is 13.8. The van der Waals surface area contributed by atoms with Gasteiger partial charge in [-0.2, -0.15) is 0 Å². The second-order valence-electron chi connectivity index (χ2n) is 4.18. The van der Waals surface area contributed by atoms with Gasteiger partial charge in [0.2, 0.25) is 14.8 Å². The van der Waals surface area contributed by atoms with Crippen LogP contribution in [0.5, 0.6) is 5.75 Å². The molecule has 0 heterocycles. The second kappa shape index (κ2) is 4.56. The van der Waals surface area contributed by atoms with Gasteiger partial charge in [0.05, 0.1) is 5.69 Å². The number of halogens is 1. The zero-order valence-corrected chi connectivity index (χ0v) is 11.1. The van der Waals surface area contributed by atoms with Crippen molar-refractivity contribution >= 4 is 21.7 Å². The first-order valence-electron chi connectivity index (χ1n) is 5.10. The molecule has 0 radical (unpaired) electrons. The van der Waals surface area contributed by atoms with Crippen molar-refractivity contribution < 1.29 is 17.9 Å². The molecule has 0 bridgehead atoms. The fraction of sp³-hybridized carbons (Fsp3) is 0.364. The summed E-state index contributed by atoms with van der Waals surface area (Å²) in [6.45, 7) is 1.80. The summed E-state index contributed by atoms with van der Waals surface area (Å²) >= 11 is 0. The molecule has 1 aromatic carbocycles. The molecule has 3 N–H and O–H groups in total. The highest BCUT2D eigenvalue weighted by molar-refractivity contribution is 7.92. The summed E-state index contributed by atoms with van der Waals surface area (Å²) in [6, 6.07) is 2.69. The van der Waals surface area contributed by atoms with Crippen LogP contribution in [0.2, 0.25) is 0 Å². The summed E-state index contributed by atoms with van der Waals surface area (Å²) in [5, 5.41) is 7.24. The van der Waals surface area contributed by atoms with Gasteiger partial charge in [-0.3, -0.25) is 4.99 Å². The Bertz CT molecular complexity index is 589. The standard InChI is InChI=1S/C11H15FN2O3S/c1-11(2,12)18(16,17)10-7(6-14-3)4-5-8(13)9(10)15/h4-6,15H,13H2,1-3H3/b14-6-. The van der Waals surface area contributed by atoms with E-state index in [0.717, 1.165) is 13.8 Å². The summed E-state index contributed by atoms with van der Waals surface area (Å²) in [4.78, 5) is 3.13. The monoisotopic (exact) mass is 274 g/mol. The summed E-state index contributed by atoms with van der Waals surface area (Å²) in [5.41, 5.74) is 5.40. The number of nitrogens with two attached hydrogens (primary N) is 1. The lowest BCUT2D eigenvalue weighted by Crippen LogP contribution is -2.27. The lowest BCUT2D eigenvalue weighted by Gasteiger charge is -2.18. The number of sulfone groups is 1. The number of phenolic OH excluding ortho intramolecular Hbond substituents is 1. The van der Waals surface area contributed by atoms with Gasteiger partial charge in [-0.05, 0) is 26.0 Å². The Balaban J connectivity index is 3.73. The predicted octanol–water partition coefficient (Wildman–Crippen LogP) is 1.50. The third kappa shape index (κ3) is 2.31. The van der Waals surface area contributed by atoms with Crippen LogP contribution in [0.1, 0.15) is 19.4 Å². The van der Waals surface area contributed by atoms with Crippen molar-refractivity contribution in [1.29, 1.82) is 0 Å². The van der Waals surface area contributed by atoms with E-state index in [1.807, 2.05) is 0 Å². The molecular formula is C11H15FN2O3S. The number of rotatable bonds is 3. The third-order valence-corrected chi connectivity index (χ3v) is 4.61. The van der Waals surface area contributed by atoms with E-state index in [4.69, 9.17) is 5.73 Å². The van der Waals surface area contributed by atoms with Crippen molar-refractivity contribution in [3.63, 3.8) is 0 Å². The van der Waals surface area contributed by atoms with Gasteiger partial charge in [0, 0.05) is 18.8 Å². The Morgan fingerprint density at radius 1 is 1.44 bits per heavy atom. The minimum absolute atomic E-state index is 0.0925. The van der Waals surface area contributed by atoms with Crippen LogP contribution in [0.3, 0.4) is 0 Å². The first-order valence-corrected chi connectivity index (χ1v) is 6.58. The Kier molecular flexibility index (Phi) is 3.66. The maximum Gasteiger partial charge on any atom is 0.216 e. The van der Waals surface area contributed by atoms with Crippen LogP contribution < -0.4 is 5.73 Å². The van der Waals surface area contributed by atoms with Crippen LogP contribution in [0, 0.1) is 0 Å². The molecule has 0 saturated carbocycles. The van der Waals surface area contributed by atoms with Gasteiger partial charge in [0.15, 0.2) is 5.75 Å². The van der Waals surface area contributed by atoms with E-state index in [1.54, 1.807) is 0 Å². The van der Waals surface area contributed by atoms with Crippen LogP contribution >= 0.6 is 0 Å². The second-order valence-corrected chi connectivity index (χ2v) is 6.56. The molecule has 0 aliphatic heterocycles. The van der Waals surface area contributed by atoms with Crippen molar-refractivity contribution in [3.05, 3.63) is 17.7 Å².